The smallest absolute Gasteiger partial charge is 0.0840 e. The molecule has 60 valence electrons. The number of pyridine rings is 1. The van der Waals surface area contributed by atoms with Gasteiger partial charge in [-0.2, -0.15) is 0 Å². The van der Waals surface area contributed by atoms with Crippen molar-refractivity contribution in [1.82, 2.24) is 4.98 Å². The van der Waals surface area contributed by atoms with Crippen LogP contribution in [0.2, 0.25) is 0 Å². The second-order valence-corrected chi connectivity index (χ2v) is 3.45. The Morgan fingerprint density at radius 2 is 2.27 bits per heavy atom. The highest BCUT2D eigenvalue weighted by atomic mass is 14.7. The third-order valence-electron chi connectivity index (χ3n) is 1.36. The van der Waals surface area contributed by atoms with E-state index in [-0.39, 0.29) is 17.4 Å². The second-order valence-electron chi connectivity index (χ2n) is 3.45. The number of hydrogen-bond acceptors (Lipinski definition) is 1. The summed E-state index contributed by atoms with van der Waals surface area (Å²) in [4.78, 5) is 3.87. The average Bonchev–Trinajstić information content (AvgIpc) is 2.09. The molecule has 11 heavy (non-hydrogen) atoms. The predicted molar refractivity (Wildman–Crippen MR) is 47.7 cm³/mol. The molecular weight excluding hydrogens is 134 g/mol. The van der Waals surface area contributed by atoms with Gasteiger partial charge in [0.25, 0.3) is 0 Å². The Bertz CT molecular complexity index is 444. The Balaban J connectivity index is 3.71. The number of aromatic nitrogens is 1. The van der Waals surface area contributed by atoms with Gasteiger partial charge in [0.15, 0.2) is 0 Å². The maximum absolute atomic E-state index is 7.71. The van der Waals surface area contributed by atoms with Gasteiger partial charge < -0.3 is 0 Å². The summed E-state index contributed by atoms with van der Waals surface area (Å²) in [5.74, 6) is 0. The lowest BCUT2D eigenvalue weighted by atomic mass is 9.89. The molecule has 0 aliphatic heterocycles. The molecule has 0 N–H and O–H groups in total. The van der Waals surface area contributed by atoms with Crippen LogP contribution in [-0.2, 0) is 5.41 Å². The van der Waals surface area contributed by atoms with E-state index in [1.807, 2.05) is 0 Å². The zero-order chi connectivity index (χ0) is 13.6. The van der Waals surface area contributed by atoms with Crippen molar-refractivity contribution in [3.63, 3.8) is 0 Å². The molecule has 0 amide bonds. The van der Waals surface area contributed by atoms with Crippen molar-refractivity contribution in [1.29, 1.82) is 0 Å². The van der Waals surface area contributed by atoms with Gasteiger partial charge in [0, 0.05) is 21.4 Å². The van der Waals surface area contributed by atoms with Crippen molar-refractivity contribution in [3.05, 3.63) is 29.5 Å². The summed E-state index contributed by atoms with van der Waals surface area (Å²) in [7, 11) is 0. The Hall–Kier alpha value is -0.850. The summed E-state index contributed by atoms with van der Waals surface area (Å²) in [6.45, 7) is 2.82. The molecule has 0 atom stereocenters. The molecule has 0 aliphatic rings. The minimum Gasteiger partial charge on any atom is -0.260 e. The minimum absolute atomic E-state index is 0.198. The maximum Gasteiger partial charge on any atom is 0.0840 e. The highest BCUT2D eigenvalue weighted by Gasteiger charge is 2.16. The molecule has 0 aliphatic carbocycles. The normalized spacial score (nSPS) is 20.6. The Morgan fingerprint density at radius 3 is 2.82 bits per heavy atom. The van der Waals surface area contributed by atoms with Crippen molar-refractivity contribution in [2.75, 3.05) is 0 Å². The fourth-order valence-electron chi connectivity index (χ4n) is 0.832. The number of hydrogen-bond donors (Lipinski definition) is 0. The van der Waals surface area contributed by atoms with E-state index in [4.69, 9.17) is 8.22 Å². The summed E-state index contributed by atoms with van der Waals surface area (Å²) in [5, 5.41) is 0. The van der Waals surface area contributed by atoms with E-state index < -0.39 is 24.4 Å². The summed E-state index contributed by atoms with van der Waals surface area (Å²) in [6.07, 6.45) is -0.354. The lowest BCUT2D eigenvalue weighted by molar-refractivity contribution is 0.564. The Labute approximate surface area is 76.9 Å². The monoisotopic (exact) mass is 155 g/mol. The number of rotatable bonds is 0. The van der Waals surface area contributed by atoms with Gasteiger partial charge in [-0.05, 0) is 18.5 Å². The quantitative estimate of drug-likeness (QED) is 0.561. The average molecular weight is 155 g/mol. The van der Waals surface area contributed by atoms with Crippen molar-refractivity contribution in [2.24, 2.45) is 0 Å². The molecule has 1 heterocycles. The standard InChI is InChI=1S/C10H15N/c1-8-6-5-7-11-9(8)10(2,3)4/h5-7H,1-4H3/i1D3,5D,6D,7D. The largest absolute Gasteiger partial charge is 0.260 e. The fourth-order valence-corrected chi connectivity index (χ4v) is 0.832. The van der Waals surface area contributed by atoms with Gasteiger partial charge in [0.2, 0.25) is 0 Å². The predicted octanol–water partition coefficient (Wildman–Crippen LogP) is 2.69. The summed E-state index contributed by atoms with van der Waals surface area (Å²) < 4.78 is 45.0. The van der Waals surface area contributed by atoms with Crippen LogP contribution in [0.15, 0.2) is 18.3 Å². The van der Waals surface area contributed by atoms with Crippen molar-refractivity contribution in [2.45, 2.75) is 33.0 Å². The van der Waals surface area contributed by atoms with Gasteiger partial charge in [-0.15, -0.1) is 0 Å². The summed E-state index contributed by atoms with van der Waals surface area (Å²) in [5.41, 5.74) is -0.599. The molecule has 1 aromatic heterocycles. The first-order chi connectivity index (χ1) is 7.46. The molecule has 0 fully saturated rings. The van der Waals surface area contributed by atoms with Gasteiger partial charge in [-0.25, -0.2) is 0 Å². The lowest BCUT2D eigenvalue weighted by Gasteiger charge is -2.19. The number of nitrogens with zero attached hydrogens (tertiary/aromatic N) is 1. The van der Waals surface area contributed by atoms with Crippen molar-refractivity contribution >= 4 is 0 Å². The molecule has 0 unspecified atom stereocenters. The van der Waals surface area contributed by atoms with E-state index in [9.17, 15) is 0 Å². The molecule has 1 rings (SSSR count). The molecule has 1 nitrogen and oxygen atoms in total. The minimum atomic E-state index is -2.49. The van der Waals surface area contributed by atoms with Crippen molar-refractivity contribution < 1.29 is 8.22 Å². The highest BCUT2D eigenvalue weighted by molar-refractivity contribution is 5.23. The SMILES string of the molecule is [2H]c1nc(C(C)(C)C)c(C([2H])([2H])[2H])c([2H])c1[2H]. The van der Waals surface area contributed by atoms with Crippen LogP contribution >= 0.6 is 0 Å². The molecule has 0 bridgehead atoms. The van der Waals surface area contributed by atoms with Crippen LogP contribution in [0.25, 0.3) is 0 Å². The summed E-state index contributed by atoms with van der Waals surface area (Å²) >= 11 is 0. The molecular formula is C10H15N. The first kappa shape index (κ1) is 3.26. The van der Waals surface area contributed by atoms with E-state index in [1.54, 1.807) is 20.8 Å². The Kier molecular flexibility index (Phi) is 0.784. The highest BCUT2D eigenvalue weighted by Crippen LogP contribution is 2.22. The molecule has 1 heteroatoms. The fraction of sp³-hybridized carbons (Fsp3) is 0.500. The molecule has 0 saturated heterocycles. The second kappa shape index (κ2) is 2.65. The molecule has 0 aromatic carbocycles. The molecule has 0 saturated carbocycles. The van der Waals surface area contributed by atoms with Crippen LogP contribution in [0, 0.1) is 6.85 Å². The Morgan fingerprint density at radius 1 is 1.55 bits per heavy atom. The third-order valence-corrected chi connectivity index (χ3v) is 1.36. The van der Waals surface area contributed by atoms with Crippen LogP contribution in [-0.4, -0.2) is 4.98 Å². The van der Waals surface area contributed by atoms with Crippen LogP contribution in [0.3, 0.4) is 0 Å². The van der Waals surface area contributed by atoms with E-state index in [0.29, 0.717) is 0 Å². The molecule has 1 aromatic rings. The topological polar surface area (TPSA) is 12.9 Å². The van der Waals surface area contributed by atoms with E-state index in [1.165, 1.54) is 0 Å². The van der Waals surface area contributed by atoms with Crippen LogP contribution < -0.4 is 0 Å². The van der Waals surface area contributed by atoms with Gasteiger partial charge >= 0.3 is 0 Å². The zero-order valence-corrected chi connectivity index (χ0v) is 6.95. The third kappa shape index (κ3) is 1.79. The van der Waals surface area contributed by atoms with E-state index in [2.05, 4.69) is 4.98 Å². The zero-order valence-electron chi connectivity index (χ0n) is 12.9. The van der Waals surface area contributed by atoms with Gasteiger partial charge in [-0.1, -0.05) is 26.8 Å². The maximum atomic E-state index is 7.71. The van der Waals surface area contributed by atoms with Crippen LogP contribution in [0.1, 0.15) is 40.3 Å². The van der Waals surface area contributed by atoms with Crippen LogP contribution in [0.5, 0.6) is 0 Å². The first-order valence-electron chi connectivity index (χ1n) is 6.45. The van der Waals surface area contributed by atoms with Gasteiger partial charge in [0.05, 0.1) is 4.11 Å². The van der Waals surface area contributed by atoms with Gasteiger partial charge in [0.1, 0.15) is 0 Å². The van der Waals surface area contributed by atoms with E-state index >= 15 is 0 Å². The van der Waals surface area contributed by atoms with E-state index in [0.717, 1.165) is 0 Å². The molecule has 0 radical (unpaired) electrons. The van der Waals surface area contributed by atoms with Gasteiger partial charge in [-0.3, -0.25) is 4.98 Å². The first-order valence-corrected chi connectivity index (χ1v) is 3.45. The lowest BCUT2D eigenvalue weighted by Crippen LogP contribution is -2.14. The summed E-state index contributed by atoms with van der Waals surface area (Å²) in [6, 6.07) is -0.862. The van der Waals surface area contributed by atoms with Crippen molar-refractivity contribution in [3.8, 4) is 0 Å². The van der Waals surface area contributed by atoms with Crippen LogP contribution in [0.4, 0.5) is 0 Å². The molecule has 0 spiro atoms.